The molecule has 0 bridgehead atoms. The van der Waals surface area contributed by atoms with Crippen LogP contribution in [0.5, 0.6) is 0 Å². The molecule has 1 saturated carbocycles. The van der Waals surface area contributed by atoms with Crippen molar-refractivity contribution in [1.29, 1.82) is 0 Å². The second-order valence-corrected chi connectivity index (χ2v) is 7.47. The number of nitrogens with one attached hydrogen (secondary N) is 1. The highest BCUT2D eigenvalue weighted by molar-refractivity contribution is 5.78. The second-order valence-electron chi connectivity index (χ2n) is 7.47. The molecule has 0 aromatic heterocycles. The van der Waals surface area contributed by atoms with Crippen molar-refractivity contribution in [1.82, 2.24) is 10.2 Å². The molecule has 1 amide bonds. The number of likely N-dealkylation sites (tertiary alicyclic amines) is 1. The number of rotatable bonds is 7. The van der Waals surface area contributed by atoms with E-state index in [1.54, 1.807) is 0 Å². The van der Waals surface area contributed by atoms with Gasteiger partial charge in [0.15, 0.2) is 0 Å². The number of nitrogens with zero attached hydrogens (tertiary/aromatic N) is 1. The van der Waals surface area contributed by atoms with E-state index in [1.807, 2.05) is 13.8 Å². The van der Waals surface area contributed by atoms with E-state index in [-0.39, 0.29) is 11.9 Å². The molecule has 4 heteroatoms. The van der Waals surface area contributed by atoms with Gasteiger partial charge in [-0.15, -0.1) is 0 Å². The number of amides is 1. The number of hydrogen-bond donors (Lipinski definition) is 1. The van der Waals surface area contributed by atoms with Gasteiger partial charge in [-0.3, -0.25) is 9.69 Å². The van der Waals surface area contributed by atoms with Crippen molar-refractivity contribution in [2.45, 2.75) is 65.5 Å². The predicted octanol–water partition coefficient (Wildman–Crippen LogP) is 2.43. The van der Waals surface area contributed by atoms with Gasteiger partial charge < -0.3 is 10.1 Å². The Morgan fingerprint density at radius 2 is 1.95 bits per heavy atom. The van der Waals surface area contributed by atoms with Gasteiger partial charge in [-0.25, -0.2) is 0 Å². The van der Waals surface area contributed by atoms with Crippen LogP contribution >= 0.6 is 0 Å². The van der Waals surface area contributed by atoms with Gasteiger partial charge in [-0.2, -0.15) is 0 Å². The Labute approximate surface area is 129 Å². The highest BCUT2D eigenvalue weighted by Crippen LogP contribution is 2.60. The minimum Gasteiger partial charge on any atom is -0.379 e. The maximum Gasteiger partial charge on any atom is 0.234 e. The van der Waals surface area contributed by atoms with Gasteiger partial charge in [-0.05, 0) is 77.8 Å². The van der Waals surface area contributed by atoms with Crippen molar-refractivity contribution in [3.05, 3.63) is 0 Å². The molecule has 1 saturated heterocycles. The van der Waals surface area contributed by atoms with Gasteiger partial charge in [0.05, 0.1) is 12.6 Å². The summed E-state index contributed by atoms with van der Waals surface area (Å²) in [5.74, 6) is 1.03. The van der Waals surface area contributed by atoms with Crippen LogP contribution in [-0.4, -0.2) is 49.2 Å². The van der Waals surface area contributed by atoms with Gasteiger partial charge in [0.2, 0.25) is 5.91 Å². The molecule has 1 aliphatic heterocycles. The van der Waals surface area contributed by atoms with E-state index >= 15 is 0 Å². The van der Waals surface area contributed by atoms with Gasteiger partial charge in [0, 0.05) is 12.6 Å². The summed E-state index contributed by atoms with van der Waals surface area (Å²) in [4.78, 5) is 14.1. The number of carbonyl (C=O) groups is 1. The summed E-state index contributed by atoms with van der Waals surface area (Å²) < 4.78 is 5.67. The fraction of sp³-hybridized carbons (Fsp3) is 0.941. The monoisotopic (exact) mass is 296 g/mol. The fourth-order valence-corrected chi connectivity index (χ4v) is 3.63. The van der Waals surface area contributed by atoms with E-state index in [4.69, 9.17) is 4.74 Å². The zero-order valence-electron chi connectivity index (χ0n) is 14.2. The predicted molar refractivity (Wildman–Crippen MR) is 85.2 cm³/mol. The van der Waals surface area contributed by atoms with Gasteiger partial charge >= 0.3 is 0 Å². The molecule has 1 heterocycles. The van der Waals surface area contributed by atoms with Crippen molar-refractivity contribution in [2.24, 2.45) is 11.3 Å². The summed E-state index contributed by atoms with van der Waals surface area (Å²) >= 11 is 0. The highest BCUT2D eigenvalue weighted by atomic mass is 16.5. The van der Waals surface area contributed by atoms with Crippen molar-refractivity contribution in [3.63, 3.8) is 0 Å². The van der Waals surface area contributed by atoms with Crippen molar-refractivity contribution < 1.29 is 9.53 Å². The van der Waals surface area contributed by atoms with Gasteiger partial charge in [0.1, 0.15) is 0 Å². The normalized spacial score (nSPS) is 24.8. The second kappa shape index (κ2) is 7.10. The van der Waals surface area contributed by atoms with Crippen molar-refractivity contribution in [2.75, 3.05) is 26.2 Å². The minimum absolute atomic E-state index is 0.165. The lowest BCUT2D eigenvalue weighted by molar-refractivity contribution is -0.123. The van der Waals surface area contributed by atoms with Crippen LogP contribution in [-0.2, 0) is 9.53 Å². The summed E-state index contributed by atoms with van der Waals surface area (Å²) in [5, 5.41) is 2.98. The Bertz CT molecular complexity index is 347. The third-order valence-electron chi connectivity index (χ3n) is 4.95. The van der Waals surface area contributed by atoms with Crippen LogP contribution in [0.4, 0.5) is 0 Å². The molecule has 1 aliphatic carbocycles. The first-order chi connectivity index (χ1) is 9.91. The maximum atomic E-state index is 11.8. The van der Waals surface area contributed by atoms with E-state index in [0.29, 0.717) is 18.1 Å². The first-order valence-corrected chi connectivity index (χ1v) is 8.54. The van der Waals surface area contributed by atoms with Crippen molar-refractivity contribution in [3.8, 4) is 0 Å². The molecule has 1 N–H and O–H groups in total. The van der Waals surface area contributed by atoms with Crippen LogP contribution < -0.4 is 5.32 Å². The number of ether oxygens (including phenoxy) is 1. The van der Waals surface area contributed by atoms with E-state index in [1.165, 1.54) is 25.7 Å². The standard InChI is InChI=1S/C17H32N2O2/c1-13(2)18-16(20)12-19-8-6-17(7-9-19)11-15(17)5-10-21-14(3)4/h13-15H,5-12H2,1-4H3,(H,18,20)/t15-/m1/s1. The van der Waals surface area contributed by atoms with Gasteiger partial charge in [0.25, 0.3) is 0 Å². The zero-order chi connectivity index (χ0) is 15.5. The number of hydrogen-bond acceptors (Lipinski definition) is 3. The van der Waals surface area contributed by atoms with Crippen LogP contribution in [0.3, 0.4) is 0 Å². The third kappa shape index (κ3) is 4.96. The Morgan fingerprint density at radius 1 is 1.29 bits per heavy atom. The summed E-state index contributed by atoms with van der Waals surface area (Å²) in [7, 11) is 0. The molecule has 1 spiro atoms. The first kappa shape index (κ1) is 16.8. The molecular weight excluding hydrogens is 264 g/mol. The molecule has 0 unspecified atom stereocenters. The lowest BCUT2D eigenvalue weighted by atomic mass is 9.90. The molecule has 122 valence electrons. The van der Waals surface area contributed by atoms with Crippen LogP contribution in [0.15, 0.2) is 0 Å². The average molecular weight is 296 g/mol. The van der Waals surface area contributed by atoms with E-state index in [0.717, 1.165) is 25.6 Å². The SMILES string of the molecule is CC(C)NC(=O)CN1CCC2(CC1)C[C@H]2CCOC(C)C. The number of carbonyl (C=O) groups excluding carboxylic acids is 1. The molecule has 21 heavy (non-hydrogen) atoms. The molecule has 0 aromatic rings. The lowest BCUT2D eigenvalue weighted by Crippen LogP contribution is -2.43. The molecular formula is C17H32N2O2. The summed E-state index contributed by atoms with van der Waals surface area (Å²) in [6.07, 6.45) is 5.45. The molecule has 0 radical (unpaired) electrons. The topological polar surface area (TPSA) is 41.6 Å². The summed E-state index contributed by atoms with van der Waals surface area (Å²) in [6, 6.07) is 0.238. The van der Waals surface area contributed by atoms with E-state index < -0.39 is 0 Å². The zero-order valence-corrected chi connectivity index (χ0v) is 14.2. The lowest BCUT2D eigenvalue weighted by Gasteiger charge is -2.32. The molecule has 1 atom stereocenters. The molecule has 2 rings (SSSR count). The summed E-state index contributed by atoms with van der Waals surface area (Å²) in [5.41, 5.74) is 0.589. The quantitative estimate of drug-likeness (QED) is 0.784. The van der Waals surface area contributed by atoms with Crippen LogP contribution in [0, 0.1) is 11.3 Å². The van der Waals surface area contributed by atoms with Crippen LogP contribution in [0.25, 0.3) is 0 Å². The van der Waals surface area contributed by atoms with Crippen molar-refractivity contribution >= 4 is 5.91 Å². The molecule has 4 nitrogen and oxygen atoms in total. The molecule has 0 aromatic carbocycles. The van der Waals surface area contributed by atoms with Crippen LogP contribution in [0.1, 0.15) is 53.4 Å². The minimum atomic E-state index is 0.165. The average Bonchev–Trinajstić information content (AvgIpc) is 3.04. The Balaban J connectivity index is 1.64. The Morgan fingerprint density at radius 3 is 2.52 bits per heavy atom. The Kier molecular flexibility index (Phi) is 5.67. The van der Waals surface area contributed by atoms with Gasteiger partial charge in [-0.1, -0.05) is 0 Å². The fourth-order valence-electron chi connectivity index (χ4n) is 3.63. The maximum absolute atomic E-state index is 11.8. The summed E-state index contributed by atoms with van der Waals surface area (Å²) in [6.45, 7) is 11.8. The number of piperidine rings is 1. The largest absolute Gasteiger partial charge is 0.379 e. The first-order valence-electron chi connectivity index (χ1n) is 8.54. The van der Waals surface area contributed by atoms with E-state index in [2.05, 4.69) is 24.1 Å². The molecule has 2 aliphatic rings. The Hall–Kier alpha value is -0.610. The molecule has 2 fully saturated rings. The highest BCUT2D eigenvalue weighted by Gasteiger charge is 2.53. The third-order valence-corrected chi connectivity index (χ3v) is 4.95. The van der Waals surface area contributed by atoms with E-state index in [9.17, 15) is 4.79 Å². The smallest absolute Gasteiger partial charge is 0.234 e. The van der Waals surface area contributed by atoms with Crippen LogP contribution in [0.2, 0.25) is 0 Å².